The number of benzene rings is 1. The number of hydrogen-bond acceptors (Lipinski definition) is 7. The third-order valence-corrected chi connectivity index (χ3v) is 3.82. The first kappa shape index (κ1) is 19.2. The zero-order valence-electron chi connectivity index (χ0n) is 14.8. The smallest absolute Gasteiger partial charge is 0.260 e. The van der Waals surface area contributed by atoms with Gasteiger partial charge in [-0.05, 0) is 37.1 Å². The molecule has 0 aliphatic carbocycles. The number of amides is 1. The number of rotatable bonds is 6. The number of aryl methyl sites for hydroxylation is 2. The molecule has 1 amide bonds. The minimum absolute atomic E-state index is 0.0322. The van der Waals surface area contributed by atoms with Gasteiger partial charge in [-0.1, -0.05) is 0 Å². The molecule has 1 saturated heterocycles. The van der Waals surface area contributed by atoms with Crippen LogP contribution >= 0.6 is 0 Å². The van der Waals surface area contributed by atoms with E-state index >= 15 is 0 Å². The highest BCUT2D eigenvalue weighted by Gasteiger charge is 2.18. The van der Waals surface area contributed by atoms with Gasteiger partial charge in [0.25, 0.3) is 5.91 Å². The molecule has 0 bridgehead atoms. The topological polar surface area (TPSA) is 137 Å². The van der Waals surface area contributed by atoms with E-state index in [0.29, 0.717) is 37.7 Å². The fourth-order valence-corrected chi connectivity index (χ4v) is 2.55. The van der Waals surface area contributed by atoms with Gasteiger partial charge in [0, 0.05) is 13.1 Å². The third-order valence-electron chi connectivity index (χ3n) is 3.82. The summed E-state index contributed by atoms with van der Waals surface area (Å²) in [4.78, 5) is 13.9. The predicted molar refractivity (Wildman–Crippen MR) is 97.4 cm³/mol. The molecule has 4 N–H and O–H groups in total. The zero-order chi connectivity index (χ0) is 19.1. The lowest BCUT2D eigenvalue weighted by Crippen LogP contribution is -2.43. The maximum absolute atomic E-state index is 12.2. The molecule has 9 nitrogen and oxygen atoms in total. The molecule has 0 radical (unpaired) electrons. The van der Waals surface area contributed by atoms with E-state index in [1.54, 1.807) is 23.1 Å². The Hall–Kier alpha value is -3.12. The normalized spacial score (nSPS) is 14.5. The van der Waals surface area contributed by atoms with Crippen LogP contribution in [0.5, 0.6) is 5.75 Å². The summed E-state index contributed by atoms with van der Waals surface area (Å²) in [6.07, 6.45) is 0. The Kier molecular flexibility index (Phi) is 6.52. The minimum Gasteiger partial charge on any atom is -0.483 e. The summed E-state index contributed by atoms with van der Waals surface area (Å²) in [6, 6.07) is 5.29. The van der Waals surface area contributed by atoms with Crippen molar-refractivity contribution in [3.63, 3.8) is 0 Å². The molecule has 2 rings (SSSR count). The second kappa shape index (κ2) is 8.82. The molecule has 0 saturated carbocycles. The minimum atomic E-state index is -0.407. The largest absolute Gasteiger partial charge is 0.483 e. The lowest BCUT2D eigenvalue weighted by Gasteiger charge is -2.27. The van der Waals surface area contributed by atoms with Gasteiger partial charge < -0.3 is 20.1 Å². The van der Waals surface area contributed by atoms with E-state index in [2.05, 4.69) is 10.5 Å². The lowest BCUT2D eigenvalue weighted by atomic mass is 10.1. The van der Waals surface area contributed by atoms with Crippen LogP contribution in [-0.2, 0) is 9.53 Å². The highest BCUT2D eigenvalue weighted by molar-refractivity contribution is 6.45. The van der Waals surface area contributed by atoms with Gasteiger partial charge in [0.05, 0.1) is 18.9 Å². The highest BCUT2D eigenvalue weighted by atomic mass is 16.5. The maximum Gasteiger partial charge on any atom is 0.260 e. The summed E-state index contributed by atoms with van der Waals surface area (Å²) in [5, 5.41) is 19.9. The molecule has 0 spiro atoms. The van der Waals surface area contributed by atoms with E-state index in [0.717, 1.165) is 11.1 Å². The van der Waals surface area contributed by atoms with Crippen LogP contribution < -0.4 is 15.9 Å². The summed E-state index contributed by atoms with van der Waals surface area (Å²) in [5.41, 5.74) is 10.0. The molecule has 0 atom stereocenters. The van der Waals surface area contributed by atoms with Gasteiger partial charge in [0.2, 0.25) is 5.71 Å². The summed E-state index contributed by atoms with van der Waals surface area (Å²) in [7, 11) is 0. The van der Waals surface area contributed by atoms with E-state index < -0.39 is 5.84 Å². The molecular formula is C17H22N6O3. The Morgan fingerprint density at radius 3 is 2.58 bits per heavy atom. The van der Waals surface area contributed by atoms with Crippen molar-refractivity contribution in [2.24, 2.45) is 10.8 Å². The average molecular weight is 358 g/mol. The molecule has 1 aromatic carbocycles. The fourth-order valence-electron chi connectivity index (χ4n) is 2.55. The number of anilines is 1. The quantitative estimate of drug-likeness (QED) is 0.390. The van der Waals surface area contributed by atoms with E-state index in [1.807, 2.05) is 13.8 Å². The number of amidine groups is 1. The van der Waals surface area contributed by atoms with Crippen molar-refractivity contribution >= 4 is 23.1 Å². The van der Waals surface area contributed by atoms with Crippen LogP contribution in [0.2, 0.25) is 0 Å². The first-order valence-electron chi connectivity index (χ1n) is 8.10. The number of nitriles is 1. The van der Waals surface area contributed by atoms with Crippen LogP contribution in [0.15, 0.2) is 17.2 Å². The molecule has 1 aromatic rings. The fraction of sp³-hybridized carbons (Fsp3) is 0.412. The van der Waals surface area contributed by atoms with E-state index in [-0.39, 0.29) is 18.2 Å². The molecule has 9 heteroatoms. The Bertz CT molecular complexity index is 739. The Labute approximate surface area is 151 Å². The van der Waals surface area contributed by atoms with Crippen molar-refractivity contribution in [1.29, 1.82) is 10.7 Å². The summed E-state index contributed by atoms with van der Waals surface area (Å²) in [6.45, 7) is 5.94. The lowest BCUT2D eigenvalue weighted by molar-refractivity contribution is -0.137. The van der Waals surface area contributed by atoms with Crippen LogP contribution in [0.1, 0.15) is 11.1 Å². The number of morpholine rings is 1. The molecule has 1 aliphatic heterocycles. The number of nitrogens with one attached hydrogen (secondary N) is 2. The second-order valence-corrected chi connectivity index (χ2v) is 5.82. The molecule has 1 heterocycles. The van der Waals surface area contributed by atoms with Gasteiger partial charge in [0.1, 0.15) is 11.8 Å². The number of nitrogens with zero attached hydrogens (tertiary/aromatic N) is 3. The molecule has 138 valence electrons. The average Bonchev–Trinajstić information content (AvgIpc) is 2.61. The van der Waals surface area contributed by atoms with Crippen LogP contribution in [0.25, 0.3) is 0 Å². The number of hydrogen-bond donors (Lipinski definition) is 3. The first-order valence-corrected chi connectivity index (χ1v) is 8.10. The second-order valence-electron chi connectivity index (χ2n) is 5.82. The Morgan fingerprint density at radius 2 is 2.04 bits per heavy atom. The molecule has 26 heavy (non-hydrogen) atoms. The third kappa shape index (κ3) is 4.94. The van der Waals surface area contributed by atoms with Gasteiger partial charge in [-0.3, -0.25) is 15.6 Å². The van der Waals surface area contributed by atoms with Gasteiger partial charge in [-0.25, -0.2) is 0 Å². The van der Waals surface area contributed by atoms with Crippen LogP contribution in [-0.4, -0.2) is 55.3 Å². The van der Waals surface area contributed by atoms with Crippen molar-refractivity contribution in [2.45, 2.75) is 13.8 Å². The number of ether oxygens (including phenoxy) is 2. The van der Waals surface area contributed by atoms with Crippen molar-refractivity contribution in [2.75, 3.05) is 38.3 Å². The predicted octanol–water partition coefficient (Wildman–Crippen LogP) is 0.768. The first-order chi connectivity index (χ1) is 12.4. The van der Waals surface area contributed by atoms with E-state index in [9.17, 15) is 4.79 Å². The molecule has 0 aromatic heterocycles. The van der Waals surface area contributed by atoms with Gasteiger partial charge in [-0.15, -0.1) is 0 Å². The van der Waals surface area contributed by atoms with E-state index in [4.69, 9.17) is 25.9 Å². The van der Waals surface area contributed by atoms with Gasteiger partial charge in [-0.2, -0.15) is 10.4 Å². The summed E-state index contributed by atoms with van der Waals surface area (Å²) >= 11 is 0. The standard InChI is InChI=1S/C17H22N6O3/c1-11-7-13(21-22-14(9-18)17(19)20)8-12(2)16(11)26-10-15(24)23-3-5-25-6-4-23/h7-8,21H,3-6,10H2,1-2H3,(H3,19,20)/b22-14+. The molecule has 0 unspecified atom stereocenters. The van der Waals surface area contributed by atoms with Gasteiger partial charge >= 0.3 is 0 Å². The van der Waals surface area contributed by atoms with Gasteiger partial charge in [0.15, 0.2) is 12.4 Å². The van der Waals surface area contributed by atoms with E-state index in [1.165, 1.54) is 0 Å². The van der Waals surface area contributed by atoms with Crippen LogP contribution in [0.4, 0.5) is 5.69 Å². The maximum atomic E-state index is 12.2. The monoisotopic (exact) mass is 358 g/mol. The number of carbonyl (C=O) groups excluding carboxylic acids is 1. The Balaban J connectivity index is 2.03. The van der Waals surface area contributed by atoms with Crippen LogP contribution in [0, 0.1) is 30.6 Å². The number of hydrazone groups is 1. The van der Waals surface area contributed by atoms with Crippen molar-refractivity contribution in [3.8, 4) is 11.8 Å². The molecule has 1 aliphatic rings. The summed E-state index contributed by atoms with van der Waals surface area (Å²) in [5.74, 6) is 0.155. The number of nitrogens with two attached hydrogens (primary N) is 1. The van der Waals surface area contributed by atoms with Crippen molar-refractivity contribution in [3.05, 3.63) is 23.3 Å². The van der Waals surface area contributed by atoms with Crippen LogP contribution in [0.3, 0.4) is 0 Å². The number of carbonyl (C=O) groups is 1. The van der Waals surface area contributed by atoms with Crippen molar-refractivity contribution < 1.29 is 14.3 Å². The molecular weight excluding hydrogens is 336 g/mol. The molecule has 1 fully saturated rings. The zero-order valence-corrected chi connectivity index (χ0v) is 14.8. The SMILES string of the molecule is Cc1cc(N/N=C(\C#N)C(=N)N)cc(C)c1OCC(=O)N1CCOCC1. The van der Waals surface area contributed by atoms with Crippen molar-refractivity contribution in [1.82, 2.24) is 4.90 Å². The Morgan fingerprint density at radius 1 is 1.42 bits per heavy atom. The summed E-state index contributed by atoms with van der Waals surface area (Å²) < 4.78 is 11.0. The highest BCUT2D eigenvalue weighted by Crippen LogP contribution is 2.27.